The van der Waals surface area contributed by atoms with E-state index in [1.807, 2.05) is 0 Å². The fraction of sp³-hybridized carbons (Fsp3) is 1.00. The van der Waals surface area contributed by atoms with E-state index in [0.29, 0.717) is 6.54 Å². The normalized spacial score (nSPS) is 28.7. The zero-order valence-corrected chi connectivity index (χ0v) is 11.6. The summed E-state index contributed by atoms with van der Waals surface area (Å²) < 4.78 is 0. The van der Waals surface area contributed by atoms with Gasteiger partial charge in [-0.2, -0.15) is 0 Å². The van der Waals surface area contributed by atoms with Gasteiger partial charge in [0.2, 0.25) is 0 Å². The first-order valence-corrected chi connectivity index (χ1v) is 6.57. The summed E-state index contributed by atoms with van der Waals surface area (Å²) in [5.41, 5.74) is 5.70. The van der Waals surface area contributed by atoms with Gasteiger partial charge in [0.15, 0.2) is 0 Å². The summed E-state index contributed by atoms with van der Waals surface area (Å²) in [7, 11) is 0. The summed E-state index contributed by atoms with van der Waals surface area (Å²) in [5.74, 6) is 0.242. The summed E-state index contributed by atoms with van der Waals surface area (Å²) in [4.78, 5) is 0. The summed E-state index contributed by atoms with van der Waals surface area (Å²) in [6, 6.07) is 0. The maximum atomic E-state index is 10.9. The Labute approximate surface area is 101 Å². The summed E-state index contributed by atoms with van der Waals surface area (Å²) in [5, 5.41) is 10.9. The fourth-order valence-electron chi connectivity index (χ4n) is 4.20. The van der Waals surface area contributed by atoms with Crippen LogP contribution in [-0.4, -0.2) is 17.3 Å². The average Bonchev–Trinajstić information content (AvgIpc) is 1.97. The van der Waals surface area contributed by atoms with Gasteiger partial charge >= 0.3 is 0 Å². The lowest BCUT2D eigenvalue weighted by Gasteiger charge is -2.52. The molecule has 1 rings (SSSR count). The monoisotopic (exact) mass is 227 g/mol. The van der Waals surface area contributed by atoms with Crippen LogP contribution in [0.2, 0.25) is 0 Å². The van der Waals surface area contributed by atoms with Crippen molar-refractivity contribution in [3.8, 4) is 0 Å². The third kappa shape index (κ3) is 2.98. The van der Waals surface area contributed by atoms with Gasteiger partial charge in [-0.25, -0.2) is 0 Å². The smallest absolute Gasteiger partial charge is 0.0697 e. The Morgan fingerprint density at radius 3 is 1.81 bits per heavy atom. The quantitative estimate of drug-likeness (QED) is 0.778. The van der Waals surface area contributed by atoms with Crippen LogP contribution in [-0.2, 0) is 0 Å². The number of hydrogen-bond acceptors (Lipinski definition) is 2. The molecule has 1 aliphatic carbocycles. The van der Waals surface area contributed by atoms with Crippen molar-refractivity contribution in [2.45, 2.75) is 65.9 Å². The molecular formula is C14H29NO. The molecule has 0 amide bonds. The van der Waals surface area contributed by atoms with Crippen molar-refractivity contribution < 1.29 is 5.11 Å². The largest absolute Gasteiger partial charge is 0.390 e. The Morgan fingerprint density at radius 2 is 1.50 bits per heavy atom. The highest BCUT2D eigenvalue weighted by molar-refractivity contribution is 5.00. The molecule has 1 saturated carbocycles. The van der Waals surface area contributed by atoms with Crippen LogP contribution < -0.4 is 5.73 Å². The molecule has 96 valence electrons. The van der Waals surface area contributed by atoms with Gasteiger partial charge in [0.05, 0.1) is 5.60 Å². The van der Waals surface area contributed by atoms with Crippen LogP contribution in [0.15, 0.2) is 0 Å². The van der Waals surface area contributed by atoms with Gasteiger partial charge < -0.3 is 10.8 Å². The first kappa shape index (κ1) is 14.0. The Morgan fingerprint density at radius 1 is 1.06 bits per heavy atom. The molecule has 1 atom stereocenters. The third-order valence-corrected chi connectivity index (χ3v) is 4.06. The van der Waals surface area contributed by atoms with Crippen molar-refractivity contribution in [3.63, 3.8) is 0 Å². The number of aliphatic hydroxyl groups is 1. The standard InChI is InChI=1S/C14H29NO/c1-6-11(7-15)14(16)9-12(2,3)8-13(4,5)10-14/h11,16H,6-10,15H2,1-5H3. The van der Waals surface area contributed by atoms with Gasteiger partial charge in [-0.05, 0) is 49.0 Å². The van der Waals surface area contributed by atoms with Crippen LogP contribution in [0.1, 0.15) is 60.3 Å². The lowest BCUT2D eigenvalue weighted by Crippen LogP contribution is -2.52. The summed E-state index contributed by atoms with van der Waals surface area (Å²) >= 11 is 0. The molecule has 0 aromatic rings. The first-order valence-electron chi connectivity index (χ1n) is 6.57. The second-order valence-electron chi connectivity index (χ2n) is 7.30. The molecule has 0 aromatic carbocycles. The molecule has 0 saturated heterocycles. The lowest BCUT2D eigenvalue weighted by molar-refractivity contribution is -0.120. The van der Waals surface area contributed by atoms with Crippen LogP contribution in [0.5, 0.6) is 0 Å². The summed E-state index contributed by atoms with van der Waals surface area (Å²) in [6.07, 6.45) is 3.93. The van der Waals surface area contributed by atoms with Crippen molar-refractivity contribution in [1.82, 2.24) is 0 Å². The Hall–Kier alpha value is -0.0800. The van der Waals surface area contributed by atoms with Gasteiger partial charge in [0.25, 0.3) is 0 Å². The van der Waals surface area contributed by atoms with Gasteiger partial charge in [0, 0.05) is 0 Å². The molecule has 16 heavy (non-hydrogen) atoms. The van der Waals surface area contributed by atoms with Gasteiger partial charge in [-0.3, -0.25) is 0 Å². The van der Waals surface area contributed by atoms with Crippen LogP contribution in [0.3, 0.4) is 0 Å². The second-order valence-corrected chi connectivity index (χ2v) is 7.30. The van der Waals surface area contributed by atoms with Crippen LogP contribution in [0.4, 0.5) is 0 Å². The minimum atomic E-state index is -0.561. The van der Waals surface area contributed by atoms with Gasteiger partial charge in [-0.1, -0.05) is 34.6 Å². The van der Waals surface area contributed by atoms with E-state index in [1.165, 1.54) is 6.42 Å². The van der Waals surface area contributed by atoms with Crippen molar-refractivity contribution in [2.75, 3.05) is 6.54 Å². The average molecular weight is 227 g/mol. The molecule has 0 radical (unpaired) electrons. The molecule has 2 heteroatoms. The molecule has 0 bridgehead atoms. The van der Waals surface area contributed by atoms with Crippen molar-refractivity contribution in [1.29, 1.82) is 0 Å². The highest BCUT2D eigenvalue weighted by Gasteiger charge is 2.49. The van der Waals surface area contributed by atoms with E-state index < -0.39 is 5.60 Å². The zero-order chi connectivity index (χ0) is 12.6. The predicted octanol–water partition coefficient (Wildman–Crippen LogP) is 2.94. The van der Waals surface area contributed by atoms with Crippen LogP contribution in [0, 0.1) is 16.7 Å². The fourth-order valence-corrected chi connectivity index (χ4v) is 4.20. The second kappa shape index (κ2) is 4.30. The maximum absolute atomic E-state index is 10.9. The minimum absolute atomic E-state index is 0.221. The van der Waals surface area contributed by atoms with E-state index in [4.69, 9.17) is 5.73 Å². The maximum Gasteiger partial charge on any atom is 0.0697 e. The number of nitrogens with two attached hydrogens (primary N) is 1. The van der Waals surface area contributed by atoms with Crippen molar-refractivity contribution in [3.05, 3.63) is 0 Å². The van der Waals surface area contributed by atoms with Crippen molar-refractivity contribution >= 4 is 0 Å². The number of rotatable bonds is 3. The van der Waals surface area contributed by atoms with Gasteiger partial charge in [0.1, 0.15) is 0 Å². The van der Waals surface area contributed by atoms with Gasteiger partial charge in [-0.15, -0.1) is 0 Å². The van der Waals surface area contributed by atoms with E-state index in [0.717, 1.165) is 19.3 Å². The van der Waals surface area contributed by atoms with E-state index in [9.17, 15) is 5.11 Å². The molecule has 3 N–H and O–H groups in total. The van der Waals surface area contributed by atoms with E-state index in [1.54, 1.807) is 0 Å². The molecule has 0 heterocycles. The molecule has 0 spiro atoms. The molecule has 0 aliphatic heterocycles. The molecule has 1 fully saturated rings. The number of hydrogen-bond donors (Lipinski definition) is 2. The summed E-state index contributed by atoms with van der Waals surface area (Å²) in [6.45, 7) is 11.8. The minimum Gasteiger partial charge on any atom is -0.390 e. The molecule has 0 aromatic heterocycles. The highest BCUT2D eigenvalue weighted by Crippen LogP contribution is 2.52. The van der Waals surface area contributed by atoms with E-state index in [-0.39, 0.29) is 16.7 Å². The van der Waals surface area contributed by atoms with Crippen molar-refractivity contribution in [2.24, 2.45) is 22.5 Å². The van der Waals surface area contributed by atoms with E-state index in [2.05, 4.69) is 34.6 Å². The Kier molecular flexibility index (Phi) is 3.76. The Bertz CT molecular complexity index is 225. The SMILES string of the molecule is CCC(CN)C1(O)CC(C)(C)CC(C)(C)C1. The topological polar surface area (TPSA) is 46.2 Å². The molecule has 1 unspecified atom stereocenters. The lowest BCUT2D eigenvalue weighted by atomic mass is 9.56. The molecule has 1 aliphatic rings. The van der Waals surface area contributed by atoms with Crippen LogP contribution in [0.25, 0.3) is 0 Å². The van der Waals surface area contributed by atoms with E-state index >= 15 is 0 Å². The zero-order valence-electron chi connectivity index (χ0n) is 11.6. The van der Waals surface area contributed by atoms with Crippen LogP contribution >= 0.6 is 0 Å². The Balaban J connectivity index is 2.95. The molecular weight excluding hydrogens is 198 g/mol. The predicted molar refractivity (Wildman–Crippen MR) is 69.2 cm³/mol. The molecule has 2 nitrogen and oxygen atoms in total. The third-order valence-electron chi connectivity index (χ3n) is 4.06. The highest BCUT2D eigenvalue weighted by atomic mass is 16.3. The first-order chi connectivity index (χ1) is 7.14.